The molecule has 1 aliphatic carbocycles. The zero-order chi connectivity index (χ0) is 10.3. The molecule has 1 aromatic rings. The Kier molecular flexibility index (Phi) is 2.27. The van der Waals surface area contributed by atoms with Crippen LogP contribution in [0, 0.1) is 11.6 Å². The lowest BCUT2D eigenvalue weighted by molar-refractivity contribution is -0.125. The van der Waals surface area contributed by atoms with Gasteiger partial charge in [0.2, 0.25) is 0 Å². The van der Waals surface area contributed by atoms with Gasteiger partial charge in [-0.1, -0.05) is 11.6 Å². The summed E-state index contributed by atoms with van der Waals surface area (Å²) in [5, 5.41) is 0.124. The van der Waals surface area contributed by atoms with E-state index in [0.717, 1.165) is 6.07 Å². The van der Waals surface area contributed by atoms with Gasteiger partial charge in [0.25, 0.3) is 0 Å². The van der Waals surface area contributed by atoms with Crippen LogP contribution in [0.3, 0.4) is 0 Å². The fourth-order valence-electron chi connectivity index (χ4n) is 1.56. The number of carbonyl (C=O) groups is 1. The van der Waals surface area contributed by atoms with Crippen LogP contribution in [0.1, 0.15) is 24.3 Å². The lowest BCUT2D eigenvalue weighted by Crippen LogP contribution is -2.24. The molecule has 0 aliphatic heterocycles. The van der Waals surface area contributed by atoms with Crippen LogP contribution >= 0.6 is 11.6 Å². The monoisotopic (exact) mass is 216 g/mol. The first-order valence-electron chi connectivity index (χ1n) is 4.26. The van der Waals surface area contributed by atoms with Gasteiger partial charge in [-0.05, 0) is 18.6 Å². The summed E-state index contributed by atoms with van der Waals surface area (Å²) in [5.41, 5.74) is 0.0891. The summed E-state index contributed by atoms with van der Waals surface area (Å²) in [6.45, 7) is 0. The zero-order valence-corrected chi connectivity index (χ0v) is 7.94. The second-order valence-electron chi connectivity index (χ2n) is 3.35. The van der Waals surface area contributed by atoms with Crippen molar-refractivity contribution in [1.29, 1.82) is 0 Å². The van der Waals surface area contributed by atoms with E-state index in [-0.39, 0.29) is 16.4 Å². The summed E-state index contributed by atoms with van der Waals surface area (Å²) in [5.74, 6) is -2.49. The molecule has 2 rings (SSSR count). The summed E-state index contributed by atoms with van der Waals surface area (Å²) in [6.07, 6.45) is 1.02. The first-order valence-corrected chi connectivity index (χ1v) is 4.64. The highest BCUT2D eigenvalue weighted by atomic mass is 35.5. The molecule has 0 saturated heterocycles. The van der Waals surface area contributed by atoms with E-state index in [4.69, 9.17) is 11.6 Å². The highest BCUT2D eigenvalue weighted by Crippen LogP contribution is 2.36. The minimum absolute atomic E-state index is 0.0504. The summed E-state index contributed by atoms with van der Waals surface area (Å²) < 4.78 is 26.2. The van der Waals surface area contributed by atoms with Crippen molar-refractivity contribution in [1.82, 2.24) is 0 Å². The van der Waals surface area contributed by atoms with Crippen LogP contribution in [0.25, 0.3) is 0 Å². The normalized spacial score (nSPS) is 20.8. The molecule has 1 aliphatic rings. The van der Waals surface area contributed by atoms with Gasteiger partial charge in [-0.2, -0.15) is 0 Å². The van der Waals surface area contributed by atoms with Crippen LogP contribution in [0.15, 0.2) is 12.1 Å². The van der Waals surface area contributed by atoms with Crippen molar-refractivity contribution in [2.24, 2.45) is 0 Å². The average molecular weight is 217 g/mol. The predicted octanol–water partition coefficient (Wildman–Crippen LogP) is 3.06. The lowest BCUT2D eigenvalue weighted by atomic mass is 9.78. The van der Waals surface area contributed by atoms with Crippen LogP contribution in [-0.2, 0) is 4.79 Å². The third-order valence-corrected chi connectivity index (χ3v) is 2.68. The van der Waals surface area contributed by atoms with Crippen molar-refractivity contribution < 1.29 is 13.6 Å². The van der Waals surface area contributed by atoms with Crippen molar-refractivity contribution in [2.45, 2.75) is 18.8 Å². The van der Waals surface area contributed by atoms with E-state index in [1.807, 2.05) is 0 Å². The molecule has 4 heteroatoms. The Bertz CT molecular complexity index is 403. The number of halogens is 3. The molecular formula is C10H7ClF2O. The maximum atomic E-state index is 13.2. The maximum absolute atomic E-state index is 13.2. The molecule has 1 unspecified atom stereocenters. The molecule has 0 amide bonds. The van der Waals surface area contributed by atoms with Gasteiger partial charge >= 0.3 is 0 Å². The molecule has 1 nitrogen and oxygen atoms in total. The third-order valence-electron chi connectivity index (χ3n) is 2.46. The molecule has 1 atom stereocenters. The summed E-state index contributed by atoms with van der Waals surface area (Å²) >= 11 is 5.58. The number of rotatable bonds is 1. The molecule has 0 heterocycles. The highest BCUT2D eigenvalue weighted by Gasteiger charge is 2.32. The molecule has 1 aromatic carbocycles. The van der Waals surface area contributed by atoms with Gasteiger partial charge in [0, 0.05) is 22.9 Å². The van der Waals surface area contributed by atoms with Gasteiger partial charge < -0.3 is 0 Å². The quantitative estimate of drug-likeness (QED) is 0.660. The molecule has 0 N–H and O–H groups in total. The predicted molar refractivity (Wildman–Crippen MR) is 48.4 cm³/mol. The Morgan fingerprint density at radius 1 is 1.36 bits per heavy atom. The maximum Gasteiger partial charge on any atom is 0.162 e. The molecule has 1 fully saturated rings. The Morgan fingerprint density at radius 2 is 2.07 bits per heavy atom. The van der Waals surface area contributed by atoms with E-state index in [1.165, 1.54) is 6.07 Å². The molecule has 0 spiro atoms. The van der Waals surface area contributed by atoms with Crippen LogP contribution in [-0.4, -0.2) is 5.78 Å². The van der Waals surface area contributed by atoms with E-state index in [2.05, 4.69) is 0 Å². The molecule has 1 saturated carbocycles. The van der Waals surface area contributed by atoms with Crippen molar-refractivity contribution in [2.75, 3.05) is 0 Å². The SMILES string of the molecule is O=C1CCC1c1cc(Cl)cc(F)c1F. The van der Waals surface area contributed by atoms with Crippen molar-refractivity contribution in [3.63, 3.8) is 0 Å². The highest BCUT2D eigenvalue weighted by molar-refractivity contribution is 6.30. The van der Waals surface area contributed by atoms with Gasteiger partial charge in [-0.15, -0.1) is 0 Å². The number of hydrogen-bond acceptors (Lipinski definition) is 1. The van der Waals surface area contributed by atoms with Gasteiger partial charge in [-0.3, -0.25) is 4.79 Å². The van der Waals surface area contributed by atoms with Crippen LogP contribution in [0.2, 0.25) is 5.02 Å². The Hall–Kier alpha value is -0.960. The number of benzene rings is 1. The minimum Gasteiger partial charge on any atom is -0.299 e. The van der Waals surface area contributed by atoms with Gasteiger partial charge in [-0.25, -0.2) is 8.78 Å². The first-order chi connectivity index (χ1) is 6.59. The Balaban J connectivity index is 2.46. The Labute approximate surface area is 84.7 Å². The van der Waals surface area contributed by atoms with Gasteiger partial charge in [0.05, 0.1) is 0 Å². The van der Waals surface area contributed by atoms with Gasteiger partial charge in [0.1, 0.15) is 5.78 Å². The Morgan fingerprint density at radius 3 is 2.57 bits per heavy atom. The third kappa shape index (κ3) is 1.42. The second kappa shape index (κ2) is 3.31. The number of carbonyl (C=O) groups excluding carboxylic acids is 1. The van der Waals surface area contributed by atoms with E-state index in [0.29, 0.717) is 12.8 Å². The van der Waals surface area contributed by atoms with Crippen molar-refractivity contribution in [3.05, 3.63) is 34.4 Å². The molecule has 0 aromatic heterocycles. The molecule has 0 bridgehead atoms. The molecule has 14 heavy (non-hydrogen) atoms. The second-order valence-corrected chi connectivity index (χ2v) is 3.78. The largest absolute Gasteiger partial charge is 0.299 e. The van der Waals surface area contributed by atoms with Gasteiger partial charge in [0.15, 0.2) is 11.6 Å². The fraction of sp³-hybridized carbons (Fsp3) is 0.300. The molecule has 0 radical (unpaired) electrons. The van der Waals surface area contributed by atoms with Crippen molar-refractivity contribution in [3.8, 4) is 0 Å². The number of Topliss-reactive ketones (excluding diaryl/α,β-unsaturated/α-hetero) is 1. The summed E-state index contributed by atoms with van der Waals surface area (Å²) in [6, 6.07) is 2.23. The van der Waals surface area contributed by atoms with Crippen LogP contribution in [0.5, 0.6) is 0 Å². The first kappa shape index (κ1) is 9.59. The standard InChI is InChI=1S/C10H7ClF2O/c11-5-3-7(6-1-2-9(6)14)10(13)8(12)4-5/h3-4,6H,1-2H2. The van der Waals surface area contributed by atoms with Crippen LogP contribution in [0.4, 0.5) is 8.78 Å². The topological polar surface area (TPSA) is 17.1 Å². The van der Waals surface area contributed by atoms with E-state index >= 15 is 0 Å². The molecular weight excluding hydrogens is 210 g/mol. The average Bonchev–Trinajstić information content (AvgIpc) is 2.11. The number of ketones is 1. The lowest BCUT2D eigenvalue weighted by Gasteiger charge is -2.24. The van der Waals surface area contributed by atoms with E-state index in [9.17, 15) is 13.6 Å². The fourth-order valence-corrected chi connectivity index (χ4v) is 1.78. The van der Waals surface area contributed by atoms with E-state index < -0.39 is 17.6 Å². The summed E-state index contributed by atoms with van der Waals surface area (Å²) in [7, 11) is 0. The number of hydrogen-bond donors (Lipinski definition) is 0. The molecule has 74 valence electrons. The summed E-state index contributed by atoms with van der Waals surface area (Å²) in [4.78, 5) is 11.1. The van der Waals surface area contributed by atoms with Crippen LogP contribution < -0.4 is 0 Å². The van der Waals surface area contributed by atoms with E-state index in [1.54, 1.807) is 0 Å². The van der Waals surface area contributed by atoms with Crippen molar-refractivity contribution >= 4 is 17.4 Å². The zero-order valence-electron chi connectivity index (χ0n) is 7.19. The minimum atomic E-state index is -0.993. The smallest absolute Gasteiger partial charge is 0.162 e.